The Hall–Kier alpha value is -2.69. The third-order valence-electron chi connectivity index (χ3n) is 5.45. The molecule has 2 aromatic carbocycles. The Morgan fingerprint density at radius 3 is 2.38 bits per heavy atom. The van der Waals surface area contributed by atoms with Gasteiger partial charge in [0.05, 0.1) is 17.2 Å². The standard InChI is InChI=1S/C22H23N3O5S2/c26-20-15-31-22(28)25(20)14-17-4-3-5-18(12-17)21(27)23-13-16-6-8-19(9-7-16)32(29,30)24-10-1-2-11-24/h3-9,12H,1-2,10-11,13-15H2,(H,23,27). The van der Waals surface area contributed by atoms with E-state index in [0.29, 0.717) is 24.2 Å². The van der Waals surface area contributed by atoms with Crippen molar-refractivity contribution in [2.75, 3.05) is 18.8 Å². The molecule has 2 aliphatic heterocycles. The van der Waals surface area contributed by atoms with Crippen LogP contribution in [0.2, 0.25) is 0 Å². The van der Waals surface area contributed by atoms with Gasteiger partial charge in [-0.2, -0.15) is 4.31 Å². The van der Waals surface area contributed by atoms with Crippen LogP contribution in [0.15, 0.2) is 53.4 Å². The molecule has 0 radical (unpaired) electrons. The molecule has 168 valence electrons. The third-order valence-corrected chi connectivity index (χ3v) is 8.22. The number of benzene rings is 2. The molecule has 8 nitrogen and oxygen atoms in total. The third kappa shape index (κ3) is 4.87. The molecule has 2 fully saturated rings. The molecule has 2 aromatic rings. The summed E-state index contributed by atoms with van der Waals surface area (Å²) in [4.78, 5) is 37.6. The summed E-state index contributed by atoms with van der Waals surface area (Å²) < 4.78 is 26.7. The summed E-state index contributed by atoms with van der Waals surface area (Å²) in [5.41, 5.74) is 1.89. The maximum Gasteiger partial charge on any atom is 0.289 e. The van der Waals surface area contributed by atoms with E-state index in [1.807, 2.05) is 0 Å². The quantitative estimate of drug-likeness (QED) is 0.663. The molecule has 0 aliphatic carbocycles. The van der Waals surface area contributed by atoms with Crippen molar-refractivity contribution in [3.63, 3.8) is 0 Å². The molecule has 0 bridgehead atoms. The minimum atomic E-state index is -3.46. The van der Waals surface area contributed by atoms with E-state index in [0.717, 1.165) is 30.2 Å². The van der Waals surface area contributed by atoms with Crippen molar-refractivity contribution in [3.05, 3.63) is 65.2 Å². The first-order valence-corrected chi connectivity index (χ1v) is 12.7. The maximum atomic E-state index is 12.6. The summed E-state index contributed by atoms with van der Waals surface area (Å²) in [5, 5.41) is 2.54. The fourth-order valence-corrected chi connectivity index (χ4v) is 5.91. The number of imide groups is 1. The molecule has 2 saturated heterocycles. The predicted molar refractivity (Wildman–Crippen MR) is 120 cm³/mol. The Kier molecular flexibility index (Phi) is 6.63. The van der Waals surface area contributed by atoms with Crippen LogP contribution in [0.5, 0.6) is 0 Å². The van der Waals surface area contributed by atoms with E-state index in [1.54, 1.807) is 48.5 Å². The van der Waals surface area contributed by atoms with E-state index >= 15 is 0 Å². The van der Waals surface area contributed by atoms with Crippen molar-refractivity contribution in [2.45, 2.75) is 30.8 Å². The molecule has 2 aliphatic rings. The van der Waals surface area contributed by atoms with Gasteiger partial charge >= 0.3 is 0 Å². The first-order chi connectivity index (χ1) is 15.3. The van der Waals surface area contributed by atoms with E-state index in [-0.39, 0.29) is 40.8 Å². The van der Waals surface area contributed by atoms with Gasteiger partial charge in [0.2, 0.25) is 15.9 Å². The molecule has 2 heterocycles. The SMILES string of the molecule is O=C(NCc1ccc(S(=O)(=O)N2CCCC2)cc1)c1cccc(CN2C(=O)CSC2=O)c1. The Balaban J connectivity index is 1.36. The highest BCUT2D eigenvalue weighted by Gasteiger charge is 2.30. The summed E-state index contributed by atoms with van der Waals surface area (Å²) in [5.74, 6) is -0.379. The number of carbonyl (C=O) groups excluding carboxylic acids is 3. The highest BCUT2D eigenvalue weighted by atomic mass is 32.2. The van der Waals surface area contributed by atoms with Crippen LogP contribution in [0.1, 0.15) is 34.3 Å². The normalized spacial score (nSPS) is 17.2. The van der Waals surface area contributed by atoms with Crippen molar-refractivity contribution in [1.29, 1.82) is 0 Å². The van der Waals surface area contributed by atoms with Gasteiger partial charge in [-0.05, 0) is 48.2 Å². The van der Waals surface area contributed by atoms with Gasteiger partial charge in [-0.1, -0.05) is 36.0 Å². The second-order valence-corrected chi connectivity index (χ2v) is 10.5. The second kappa shape index (κ2) is 9.43. The van der Waals surface area contributed by atoms with E-state index in [9.17, 15) is 22.8 Å². The van der Waals surface area contributed by atoms with Crippen LogP contribution in [0.3, 0.4) is 0 Å². The molecule has 0 saturated carbocycles. The van der Waals surface area contributed by atoms with Gasteiger partial charge in [-0.15, -0.1) is 0 Å². The maximum absolute atomic E-state index is 12.6. The summed E-state index contributed by atoms with van der Waals surface area (Å²) in [6, 6.07) is 13.3. The first-order valence-electron chi connectivity index (χ1n) is 10.3. The van der Waals surface area contributed by atoms with Gasteiger partial charge in [0.25, 0.3) is 11.1 Å². The lowest BCUT2D eigenvalue weighted by molar-refractivity contribution is -0.125. The van der Waals surface area contributed by atoms with Gasteiger partial charge in [-0.3, -0.25) is 19.3 Å². The number of hydrogen-bond donors (Lipinski definition) is 1. The molecule has 4 rings (SSSR count). The summed E-state index contributed by atoms with van der Waals surface area (Å²) in [6.07, 6.45) is 1.77. The van der Waals surface area contributed by atoms with Crippen LogP contribution in [-0.4, -0.2) is 53.5 Å². The molecule has 0 atom stereocenters. The minimum absolute atomic E-state index is 0.138. The van der Waals surface area contributed by atoms with Crippen LogP contribution < -0.4 is 5.32 Å². The molecule has 32 heavy (non-hydrogen) atoms. The first kappa shape index (κ1) is 22.5. The zero-order chi connectivity index (χ0) is 22.7. The van der Waals surface area contributed by atoms with Crippen LogP contribution in [0.25, 0.3) is 0 Å². The van der Waals surface area contributed by atoms with Gasteiger partial charge < -0.3 is 5.32 Å². The number of hydrogen-bond acceptors (Lipinski definition) is 6. The lowest BCUT2D eigenvalue weighted by atomic mass is 10.1. The smallest absolute Gasteiger partial charge is 0.289 e. The van der Waals surface area contributed by atoms with E-state index in [4.69, 9.17) is 0 Å². The zero-order valence-corrected chi connectivity index (χ0v) is 19.0. The second-order valence-electron chi connectivity index (χ2n) is 7.67. The van der Waals surface area contributed by atoms with Gasteiger partial charge in [0.15, 0.2) is 0 Å². The largest absolute Gasteiger partial charge is 0.348 e. The summed E-state index contributed by atoms with van der Waals surface area (Å²) in [6.45, 7) is 1.49. The highest BCUT2D eigenvalue weighted by Crippen LogP contribution is 2.22. The number of carbonyl (C=O) groups is 3. The predicted octanol–water partition coefficient (Wildman–Crippen LogP) is 2.60. The van der Waals surface area contributed by atoms with Gasteiger partial charge in [0.1, 0.15) is 0 Å². The average Bonchev–Trinajstić information content (AvgIpc) is 3.45. The average molecular weight is 474 g/mol. The molecular weight excluding hydrogens is 450 g/mol. The number of sulfonamides is 1. The lowest BCUT2D eigenvalue weighted by Gasteiger charge is -2.15. The number of thioether (sulfide) groups is 1. The van der Waals surface area contributed by atoms with Crippen LogP contribution in [-0.2, 0) is 27.9 Å². The van der Waals surface area contributed by atoms with Crippen molar-refractivity contribution in [2.24, 2.45) is 0 Å². The highest BCUT2D eigenvalue weighted by molar-refractivity contribution is 8.14. The van der Waals surface area contributed by atoms with Crippen LogP contribution in [0.4, 0.5) is 4.79 Å². The Morgan fingerprint density at radius 1 is 1.00 bits per heavy atom. The van der Waals surface area contributed by atoms with Crippen molar-refractivity contribution in [3.8, 4) is 0 Å². The molecule has 0 spiro atoms. The topological polar surface area (TPSA) is 104 Å². The molecule has 1 N–H and O–H groups in total. The van der Waals surface area contributed by atoms with Crippen LogP contribution in [0, 0.1) is 0 Å². The Labute approximate surface area is 191 Å². The van der Waals surface area contributed by atoms with E-state index in [2.05, 4.69) is 5.32 Å². The molecule has 3 amide bonds. The number of amides is 3. The number of rotatable bonds is 7. The van der Waals surface area contributed by atoms with Crippen molar-refractivity contribution < 1.29 is 22.8 Å². The van der Waals surface area contributed by atoms with Gasteiger partial charge in [0, 0.05) is 25.2 Å². The van der Waals surface area contributed by atoms with Crippen molar-refractivity contribution >= 4 is 38.8 Å². The summed E-state index contributed by atoms with van der Waals surface area (Å²) in [7, 11) is -3.46. The van der Waals surface area contributed by atoms with E-state index < -0.39 is 10.0 Å². The Bertz CT molecular complexity index is 1130. The van der Waals surface area contributed by atoms with Crippen LogP contribution >= 0.6 is 11.8 Å². The number of nitrogens with one attached hydrogen (secondary N) is 1. The molecule has 0 aromatic heterocycles. The number of nitrogens with zero attached hydrogens (tertiary/aromatic N) is 2. The molecule has 0 unspecified atom stereocenters. The fraction of sp³-hybridized carbons (Fsp3) is 0.318. The zero-order valence-electron chi connectivity index (χ0n) is 17.3. The van der Waals surface area contributed by atoms with E-state index in [1.165, 1.54) is 9.21 Å². The van der Waals surface area contributed by atoms with Crippen molar-refractivity contribution in [1.82, 2.24) is 14.5 Å². The summed E-state index contributed by atoms with van der Waals surface area (Å²) >= 11 is 0.976. The minimum Gasteiger partial charge on any atom is -0.348 e. The fourth-order valence-electron chi connectivity index (χ4n) is 3.67. The van der Waals surface area contributed by atoms with Gasteiger partial charge in [-0.25, -0.2) is 8.42 Å². The Morgan fingerprint density at radius 2 is 1.72 bits per heavy atom. The lowest BCUT2D eigenvalue weighted by Crippen LogP contribution is -2.28. The molecular formula is C22H23N3O5S2. The monoisotopic (exact) mass is 473 g/mol. The molecule has 10 heteroatoms.